The van der Waals surface area contributed by atoms with Crippen molar-refractivity contribution in [1.82, 2.24) is 15.8 Å². The molecule has 0 spiro atoms. The van der Waals surface area contributed by atoms with Crippen LogP contribution in [0.4, 0.5) is 0 Å². The lowest BCUT2D eigenvalue weighted by atomic mass is 9.83. The molecule has 2 saturated heterocycles. The maximum absolute atomic E-state index is 13.4. The minimum absolute atomic E-state index is 0.00821. The number of carbonyl (C=O) groups excluding carboxylic acids is 1. The normalized spacial score (nSPS) is 23.9. The third kappa shape index (κ3) is 4.71. The van der Waals surface area contributed by atoms with Crippen molar-refractivity contribution in [3.05, 3.63) is 53.6 Å². The van der Waals surface area contributed by atoms with E-state index in [-0.39, 0.29) is 36.3 Å². The lowest BCUT2D eigenvalue weighted by molar-refractivity contribution is -0.130. The maximum atomic E-state index is 13.4. The molecule has 0 radical (unpaired) electrons. The van der Waals surface area contributed by atoms with Crippen molar-refractivity contribution in [3.8, 4) is 17.2 Å². The zero-order valence-electron chi connectivity index (χ0n) is 19.9. The fraction of sp³-hybridized carbons (Fsp3) is 0.500. The number of phenolic OH excluding ortho intramolecular Hbond substituents is 1. The first kappa shape index (κ1) is 24.3. The molecule has 0 aliphatic carbocycles. The van der Waals surface area contributed by atoms with E-state index >= 15 is 0 Å². The molecule has 2 aliphatic rings. The Balaban J connectivity index is 1.68. The number of rotatable bonds is 11. The molecule has 4 unspecified atom stereocenters. The van der Waals surface area contributed by atoms with Gasteiger partial charge in [0, 0.05) is 24.6 Å². The van der Waals surface area contributed by atoms with E-state index in [1.165, 1.54) is 0 Å². The molecule has 2 aromatic carbocycles. The summed E-state index contributed by atoms with van der Waals surface area (Å²) in [5, 5.41) is 20.0. The second-order valence-corrected chi connectivity index (χ2v) is 8.90. The van der Waals surface area contributed by atoms with E-state index in [1.807, 2.05) is 35.2 Å². The second kappa shape index (κ2) is 11.1. The molecule has 184 valence electrons. The number of methoxy groups -OCH3 is 1. The number of aliphatic hydroxyl groups is 1. The van der Waals surface area contributed by atoms with Crippen molar-refractivity contribution in [1.29, 1.82) is 0 Å². The number of benzene rings is 2. The first-order valence-corrected chi connectivity index (χ1v) is 12.1. The average molecular weight is 470 g/mol. The molecule has 4 atom stereocenters. The number of aliphatic hydroxyl groups excluding tert-OH is 1. The van der Waals surface area contributed by atoms with Gasteiger partial charge in [-0.1, -0.05) is 44.0 Å². The van der Waals surface area contributed by atoms with Crippen LogP contribution in [0.25, 0.3) is 0 Å². The van der Waals surface area contributed by atoms with Crippen molar-refractivity contribution in [2.75, 3.05) is 26.9 Å². The van der Waals surface area contributed by atoms with Gasteiger partial charge in [0.05, 0.1) is 25.8 Å². The Morgan fingerprint density at radius 1 is 1.03 bits per heavy atom. The van der Waals surface area contributed by atoms with Gasteiger partial charge in [0.2, 0.25) is 5.91 Å². The number of phenols is 1. The Bertz CT molecular complexity index is 985. The highest BCUT2D eigenvalue weighted by atomic mass is 16.5. The molecule has 0 bridgehead atoms. The number of aromatic hydroxyl groups is 1. The Morgan fingerprint density at radius 2 is 1.82 bits per heavy atom. The van der Waals surface area contributed by atoms with E-state index in [4.69, 9.17) is 9.47 Å². The van der Waals surface area contributed by atoms with Gasteiger partial charge < -0.3 is 24.6 Å². The van der Waals surface area contributed by atoms with E-state index in [0.29, 0.717) is 31.1 Å². The smallest absolute Gasteiger partial charge is 0.242 e. The first-order chi connectivity index (χ1) is 16.6. The molecular weight excluding hydrogens is 434 g/mol. The summed E-state index contributed by atoms with van der Waals surface area (Å²) in [6, 6.07) is 12.1. The molecule has 1 amide bonds. The largest absolute Gasteiger partial charge is 0.508 e. The Hall–Kier alpha value is -2.81. The third-order valence-corrected chi connectivity index (χ3v) is 6.78. The number of ether oxygens (including phenoxy) is 2. The van der Waals surface area contributed by atoms with E-state index in [0.717, 1.165) is 30.4 Å². The number of nitrogens with zero attached hydrogens (tertiary/aromatic N) is 1. The van der Waals surface area contributed by atoms with Crippen LogP contribution in [0.3, 0.4) is 0 Å². The molecular formula is C26H35N3O5. The fourth-order valence-electron chi connectivity index (χ4n) is 5.13. The van der Waals surface area contributed by atoms with E-state index < -0.39 is 6.04 Å². The summed E-state index contributed by atoms with van der Waals surface area (Å²) in [4.78, 5) is 15.2. The van der Waals surface area contributed by atoms with Gasteiger partial charge in [-0.05, 0) is 36.6 Å². The summed E-state index contributed by atoms with van der Waals surface area (Å²) < 4.78 is 11.6. The van der Waals surface area contributed by atoms with Gasteiger partial charge in [0.15, 0.2) is 11.5 Å². The van der Waals surface area contributed by atoms with Gasteiger partial charge in [-0.25, -0.2) is 10.9 Å². The second-order valence-electron chi connectivity index (χ2n) is 8.90. The minimum Gasteiger partial charge on any atom is -0.508 e. The lowest BCUT2D eigenvalue weighted by Gasteiger charge is -2.31. The van der Waals surface area contributed by atoms with Gasteiger partial charge in [0.1, 0.15) is 11.8 Å². The lowest BCUT2D eigenvalue weighted by Crippen LogP contribution is -2.41. The zero-order valence-corrected chi connectivity index (χ0v) is 19.9. The molecule has 2 fully saturated rings. The number of hydrazine groups is 1. The molecule has 4 N–H and O–H groups in total. The highest BCUT2D eigenvalue weighted by Gasteiger charge is 2.55. The van der Waals surface area contributed by atoms with Crippen LogP contribution in [0.1, 0.15) is 55.8 Å². The Labute approximate surface area is 200 Å². The summed E-state index contributed by atoms with van der Waals surface area (Å²) >= 11 is 0. The summed E-state index contributed by atoms with van der Waals surface area (Å²) in [7, 11) is 1.62. The highest BCUT2D eigenvalue weighted by Crippen LogP contribution is 2.49. The molecule has 8 nitrogen and oxygen atoms in total. The van der Waals surface area contributed by atoms with Gasteiger partial charge >= 0.3 is 0 Å². The van der Waals surface area contributed by atoms with Crippen molar-refractivity contribution in [2.45, 2.75) is 50.7 Å². The van der Waals surface area contributed by atoms with Crippen molar-refractivity contribution < 1.29 is 24.5 Å². The summed E-state index contributed by atoms with van der Waals surface area (Å²) in [6.07, 6.45) is 3.71. The number of amides is 1. The van der Waals surface area contributed by atoms with Crippen LogP contribution in [-0.2, 0) is 4.79 Å². The number of hydrogen-bond donors (Lipinski definition) is 4. The zero-order chi connectivity index (χ0) is 24.1. The van der Waals surface area contributed by atoms with Crippen molar-refractivity contribution in [3.63, 3.8) is 0 Å². The van der Waals surface area contributed by atoms with Crippen LogP contribution in [0, 0.1) is 5.92 Å². The van der Waals surface area contributed by atoms with Gasteiger partial charge in [-0.15, -0.1) is 0 Å². The van der Waals surface area contributed by atoms with Crippen LogP contribution in [0.15, 0.2) is 42.5 Å². The molecule has 4 rings (SSSR count). The first-order valence-electron chi connectivity index (χ1n) is 12.1. The van der Waals surface area contributed by atoms with Gasteiger partial charge in [0.25, 0.3) is 0 Å². The molecule has 0 aromatic heterocycles. The number of hydrogen-bond acceptors (Lipinski definition) is 7. The average Bonchev–Trinajstić information content (AvgIpc) is 3.39. The van der Waals surface area contributed by atoms with Crippen LogP contribution in [-0.4, -0.2) is 53.9 Å². The quantitative estimate of drug-likeness (QED) is 0.375. The van der Waals surface area contributed by atoms with Crippen LogP contribution >= 0.6 is 0 Å². The van der Waals surface area contributed by atoms with E-state index in [1.54, 1.807) is 19.2 Å². The molecule has 0 saturated carbocycles. The Morgan fingerprint density at radius 3 is 2.56 bits per heavy atom. The number of carbonyl (C=O) groups is 1. The molecule has 34 heavy (non-hydrogen) atoms. The fourth-order valence-corrected chi connectivity index (χ4v) is 5.13. The number of para-hydroxylation sites is 1. The maximum Gasteiger partial charge on any atom is 0.242 e. The van der Waals surface area contributed by atoms with Crippen molar-refractivity contribution >= 4 is 5.91 Å². The van der Waals surface area contributed by atoms with Crippen LogP contribution in [0.2, 0.25) is 0 Å². The molecule has 2 heterocycles. The van der Waals surface area contributed by atoms with Crippen LogP contribution < -0.4 is 20.3 Å². The summed E-state index contributed by atoms with van der Waals surface area (Å²) in [6.45, 7) is 3.24. The number of likely N-dealkylation sites (tertiary alicyclic amines) is 1. The number of unbranched alkanes of at least 4 members (excludes halogenated alkanes) is 2. The molecule has 2 aromatic rings. The van der Waals surface area contributed by atoms with E-state index in [2.05, 4.69) is 17.8 Å². The van der Waals surface area contributed by atoms with Crippen molar-refractivity contribution in [2.24, 2.45) is 5.92 Å². The van der Waals surface area contributed by atoms with Crippen LogP contribution in [0.5, 0.6) is 17.2 Å². The van der Waals surface area contributed by atoms with Gasteiger partial charge in [-0.2, -0.15) is 0 Å². The topological polar surface area (TPSA) is 103 Å². The van der Waals surface area contributed by atoms with Gasteiger partial charge in [-0.3, -0.25) is 4.79 Å². The Kier molecular flexibility index (Phi) is 7.92. The number of fused-ring (bicyclic) bond motifs is 1. The predicted octanol–water partition coefficient (Wildman–Crippen LogP) is 3.07. The molecule has 2 aliphatic heterocycles. The minimum atomic E-state index is -0.440. The molecule has 8 heteroatoms. The predicted molar refractivity (Wildman–Crippen MR) is 129 cm³/mol. The summed E-state index contributed by atoms with van der Waals surface area (Å²) in [5.41, 5.74) is 8.07. The highest BCUT2D eigenvalue weighted by molar-refractivity contribution is 5.86. The monoisotopic (exact) mass is 469 g/mol. The van der Waals surface area contributed by atoms with E-state index in [9.17, 15) is 15.0 Å². The standard InChI is InChI=1S/C26H35N3O5/c1-3-4-7-15-34-20-12-11-17(16-21(20)33-2)25-22-23(18-9-5-6-10-19(18)31)27-28-24(22)26(32)29(25)13-8-14-30/h5-6,9-12,16,22-25,27-28,30-31H,3-4,7-8,13-15H2,1-2H3. The SMILES string of the molecule is CCCCCOc1ccc(C2C3C(NNC3c3ccccc3O)C(=O)N2CCCO)cc1OC. The third-order valence-electron chi connectivity index (χ3n) is 6.78. The number of nitrogens with one attached hydrogen (secondary N) is 2. The summed E-state index contributed by atoms with van der Waals surface area (Å²) in [5.74, 6) is 1.32.